The largest absolute Gasteiger partial charge is 0.378 e. The third-order valence-corrected chi connectivity index (χ3v) is 6.43. The molecule has 0 aromatic heterocycles. The highest BCUT2D eigenvalue weighted by Crippen LogP contribution is 2.23. The van der Waals surface area contributed by atoms with Gasteiger partial charge in [0.25, 0.3) is 11.8 Å². The lowest BCUT2D eigenvalue weighted by atomic mass is 10.0. The van der Waals surface area contributed by atoms with E-state index in [2.05, 4.69) is 11.8 Å². The van der Waals surface area contributed by atoms with E-state index in [1.807, 2.05) is 64.4 Å². The lowest BCUT2D eigenvalue weighted by molar-refractivity contribution is 0.0519. The van der Waals surface area contributed by atoms with E-state index < -0.39 is 0 Å². The van der Waals surface area contributed by atoms with Gasteiger partial charge in [0, 0.05) is 55.6 Å². The third kappa shape index (κ3) is 5.13. The average molecular weight is 436 g/mol. The predicted molar refractivity (Wildman–Crippen MR) is 126 cm³/mol. The van der Waals surface area contributed by atoms with Crippen molar-refractivity contribution >= 4 is 17.5 Å². The van der Waals surface area contributed by atoms with Gasteiger partial charge in [0.05, 0.1) is 13.2 Å². The lowest BCUT2D eigenvalue weighted by Crippen LogP contribution is -2.49. The van der Waals surface area contributed by atoms with Crippen LogP contribution in [0.25, 0.3) is 0 Å². The number of amides is 2. The number of morpholine rings is 1. The maximum absolute atomic E-state index is 13.4. The number of hydrogen-bond acceptors (Lipinski definition) is 4. The Morgan fingerprint density at radius 1 is 0.906 bits per heavy atom. The molecule has 2 saturated heterocycles. The van der Waals surface area contributed by atoms with Crippen LogP contribution >= 0.6 is 0 Å². The molecule has 0 atom stereocenters. The summed E-state index contributed by atoms with van der Waals surface area (Å²) in [6.45, 7) is 7.47. The highest BCUT2D eigenvalue weighted by atomic mass is 16.5. The highest BCUT2D eigenvalue weighted by molar-refractivity contribution is 5.95. The second-order valence-electron chi connectivity index (χ2n) is 8.53. The van der Waals surface area contributed by atoms with E-state index in [-0.39, 0.29) is 17.9 Å². The fraction of sp³-hybridized carbons (Fsp3) is 0.462. The molecule has 170 valence electrons. The summed E-state index contributed by atoms with van der Waals surface area (Å²) in [7, 11) is 0. The van der Waals surface area contributed by atoms with E-state index in [0.29, 0.717) is 13.1 Å². The summed E-state index contributed by atoms with van der Waals surface area (Å²) in [5, 5.41) is 0. The molecule has 0 radical (unpaired) electrons. The Bertz CT molecular complexity index is 886. The Hall–Kier alpha value is -2.86. The first-order chi connectivity index (χ1) is 15.7. The number of anilines is 1. The van der Waals surface area contributed by atoms with Gasteiger partial charge in [0.2, 0.25) is 0 Å². The summed E-state index contributed by atoms with van der Waals surface area (Å²) in [6, 6.07) is 17.6. The van der Waals surface area contributed by atoms with Crippen LogP contribution in [-0.2, 0) is 4.74 Å². The number of carbonyl (C=O) groups is 2. The molecule has 2 aromatic rings. The van der Waals surface area contributed by atoms with Gasteiger partial charge in [-0.1, -0.05) is 25.1 Å². The van der Waals surface area contributed by atoms with Crippen molar-refractivity contribution in [1.82, 2.24) is 9.80 Å². The van der Waals surface area contributed by atoms with Crippen molar-refractivity contribution in [3.63, 3.8) is 0 Å². The van der Waals surface area contributed by atoms with Crippen LogP contribution in [0.15, 0.2) is 54.6 Å². The lowest BCUT2D eigenvalue weighted by Gasteiger charge is -2.38. The molecule has 0 aliphatic carbocycles. The van der Waals surface area contributed by atoms with Gasteiger partial charge in [-0.15, -0.1) is 0 Å². The van der Waals surface area contributed by atoms with Gasteiger partial charge in [-0.3, -0.25) is 9.59 Å². The Morgan fingerprint density at radius 3 is 2.19 bits per heavy atom. The molecule has 2 aliphatic rings. The van der Waals surface area contributed by atoms with Crippen molar-refractivity contribution in [2.24, 2.45) is 0 Å². The quantitative estimate of drug-likeness (QED) is 0.695. The van der Waals surface area contributed by atoms with E-state index in [0.717, 1.165) is 68.9 Å². The normalized spacial score (nSPS) is 17.3. The van der Waals surface area contributed by atoms with Crippen molar-refractivity contribution in [3.05, 3.63) is 65.7 Å². The molecular weight excluding hydrogens is 402 g/mol. The van der Waals surface area contributed by atoms with E-state index in [1.165, 1.54) is 0 Å². The molecule has 0 bridgehead atoms. The molecule has 0 unspecified atom stereocenters. The smallest absolute Gasteiger partial charge is 0.254 e. The Kier molecular flexibility index (Phi) is 7.43. The second-order valence-corrected chi connectivity index (χ2v) is 8.53. The maximum atomic E-state index is 13.4. The van der Waals surface area contributed by atoms with E-state index in [1.54, 1.807) is 0 Å². The molecule has 2 amide bonds. The second kappa shape index (κ2) is 10.6. The van der Waals surface area contributed by atoms with E-state index in [4.69, 9.17) is 4.74 Å². The van der Waals surface area contributed by atoms with Gasteiger partial charge >= 0.3 is 0 Å². The first-order valence-electron chi connectivity index (χ1n) is 11.8. The molecule has 6 heteroatoms. The van der Waals surface area contributed by atoms with Crippen molar-refractivity contribution < 1.29 is 14.3 Å². The minimum atomic E-state index is 0.0797. The summed E-state index contributed by atoms with van der Waals surface area (Å²) in [5.74, 6) is 0.171. The molecule has 2 aliphatic heterocycles. The standard InChI is InChI=1S/C26H33N3O3/c1-2-14-29(24-12-15-28(16-13-24)25(30)21-6-4-3-5-7-21)26(31)22-8-10-23(11-9-22)27-17-19-32-20-18-27/h3-11,24H,2,12-20H2,1H3. The minimum Gasteiger partial charge on any atom is -0.378 e. The topological polar surface area (TPSA) is 53.1 Å². The van der Waals surface area contributed by atoms with E-state index >= 15 is 0 Å². The summed E-state index contributed by atoms with van der Waals surface area (Å²) in [4.78, 5) is 32.4. The van der Waals surface area contributed by atoms with Gasteiger partial charge in [-0.2, -0.15) is 0 Å². The van der Waals surface area contributed by atoms with Crippen LogP contribution in [0.1, 0.15) is 46.9 Å². The first kappa shape index (κ1) is 22.3. The molecule has 0 spiro atoms. The Morgan fingerprint density at radius 2 is 1.56 bits per heavy atom. The molecule has 6 nitrogen and oxygen atoms in total. The molecule has 0 N–H and O–H groups in total. The van der Waals surface area contributed by atoms with Crippen LogP contribution in [0.5, 0.6) is 0 Å². The number of ether oxygens (including phenoxy) is 1. The number of hydrogen-bond donors (Lipinski definition) is 0. The molecule has 2 fully saturated rings. The summed E-state index contributed by atoms with van der Waals surface area (Å²) in [5.41, 5.74) is 2.60. The third-order valence-electron chi connectivity index (χ3n) is 6.43. The fourth-order valence-electron chi connectivity index (χ4n) is 4.64. The number of carbonyl (C=O) groups excluding carboxylic acids is 2. The molecule has 32 heavy (non-hydrogen) atoms. The van der Waals surface area contributed by atoms with Crippen LogP contribution in [0.3, 0.4) is 0 Å². The zero-order valence-corrected chi connectivity index (χ0v) is 18.9. The number of rotatable bonds is 6. The first-order valence-corrected chi connectivity index (χ1v) is 11.8. The fourth-order valence-corrected chi connectivity index (χ4v) is 4.64. The van der Waals surface area contributed by atoms with Gasteiger partial charge in [0.1, 0.15) is 0 Å². The van der Waals surface area contributed by atoms with Crippen molar-refractivity contribution in [2.45, 2.75) is 32.2 Å². The number of nitrogens with zero attached hydrogens (tertiary/aromatic N) is 3. The van der Waals surface area contributed by atoms with Crippen molar-refractivity contribution in [1.29, 1.82) is 0 Å². The van der Waals surface area contributed by atoms with Crippen molar-refractivity contribution in [3.8, 4) is 0 Å². The van der Waals surface area contributed by atoms with Crippen LogP contribution in [0.4, 0.5) is 5.69 Å². The van der Waals surface area contributed by atoms with Crippen LogP contribution in [0, 0.1) is 0 Å². The summed E-state index contributed by atoms with van der Waals surface area (Å²) in [6.07, 6.45) is 2.55. The number of piperidine rings is 1. The molecular formula is C26H33N3O3. The zero-order chi connectivity index (χ0) is 22.3. The summed E-state index contributed by atoms with van der Waals surface area (Å²) < 4.78 is 5.43. The SMILES string of the molecule is CCCN(C(=O)c1ccc(N2CCOCC2)cc1)C1CCN(C(=O)c2ccccc2)CC1. The zero-order valence-electron chi connectivity index (χ0n) is 18.9. The molecule has 4 rings (SSSR count). The predicted octanol–water partition coefficient (Wildman–Crippen LogP) is 3.68. The van der Waals surface area contributed by atoms with E-state index in [9.17, 15) is 9.59 Å². The number of likely N-dealkylation sites (tertiary alicyclic amines) is 1. The van der Waals surface area contributed by atoms with Crippen LogP contribution in [0.2, 0.25) is 0 Å². The Balaban J connectivity index is 1.39. The average Bonchev–Trinajstić information content (AvgIpc) is 2.88. The van der Waals surface area contributed by atoms with Gasteiger partial charge in [0.15, 0.2) is 0 Å². The molecule has 2 heterocycles. The van der Waals surface area contributed by atoms with Gasteiger partial charge in [-0.25, -0.2) is 0 Å². The molecule has 2 aromatic carbocycles. The van der Waals surface area contributed by atoms with Gasteiger partial charge in [-0.05, 0) is 55.7 Å². The maximum Gasteiger partial charge on any atom is 0.254 e. The van der Waals surface area contributed by atoms with Crippen LogP contribution < -0.4 is 4.90 Å². The Labute approximate surface area is 190 Å². The molecule has 0 saturated carbocycles. The summed E-state index contributed by atoms with van der Waals surface area (Å²) >= 11 is 0. The van der Waals surface area contributed by atoms with Gasteiger partial charge < -0.3 is 19.4 Å². The highest BCUT2D eigenvalue weighted by Gasteiger charge is 2.30. The minimum absolute atomic E-state index is 0.0797. The van der Waals surface area contributed by atoms with Crippen LogP contribution in [-0.4, -0.2) is 73.6 Å². The van der Waals surface area contributed by atoms with Crippen molar-refractivity contribution in [2.75, 3.05) is 50.8 Å². The monoisotopic (exact) mass is 435 g/mol. The number of benzene rings is 2.